The summed E-state index contributed by atoms with van der Waals surface area (Å²) in [4.78, 5) is 32.9. The molecule has 0 aliphatic rings. The average molecular weight is 1440 g/mol. The maximum Gasteiger partial charge on any atom is 0.338 e. The molecule has 0 aromatic heterocycles. The number of terminal acetylenes is 1. The lowest BCUT2D eigenvalue weighted by atomic mass is 10.1. The van der Waals surface area contributed by atoms with Crippen molar-refractivity contribution in [2.45, 2.75) is 13.2 Å². The van der Waals surface area contributed by atoms with E-state index in [1.807, 2.05) is 158 Å². The molecule has 0 spiro atoms. The maximum absolute atomic E-state index is 11.8. The van der Waals surface area contributed by atoms with Crippen LogP contribution >= 0.6 is 77.0 Å². The SMILES string of the molecule is C#Cc1ccc(C#Cc2ccc(Br)cc2)cc1.COc1ccc(CO)cc1.COc1ccc(COC(=O)c2ccc(I)cc2)cc1.O=C(O)c1ccc(C#Cc2ccc(C#Cc3ccc(Br)cc3)cc2)cc1.O=C(O)c1ccc(I)cc1. The summed E-state index contributed by atoms with van der Waals surface area (Å²) >= 11 is 11.1. The number of benzene rings is 9. The summed E-state index contributed by atoms with van der Waals surface area (Å²) in [7, 11) is 3.24. The molecule has 9 nitrogen and oxygen atoms in total. The van der Waals surface area contributed by atoms with Crippen molar-refractivity contribution >= 4 is 94.9 Å². The molecule has 0 heterocycles. The van der Waals surface area contributed by atoms with Crippen LogP contribution in [0.1, 0.15) is 81.1 Å². The van der Waals surface area contributed by atoms with Crippen molar-refractivity contribution in [2.75, 3.05) is 14.2 Å². The molecular formula is C69H50Br2I2O9. The Hall–Kier alpha value is -8.39. The molecule has 0 aliphatic heterocycles. The van der Waals surface area contributed by atoms with Gasteiger partial charge in [-0.05, 0) is 250 Å². The summed E-state index contributed by atoms with van der Waals surface area (Å²) in [6.07, 6.45) is 5.29. The van der Waals surface area contributed by atoms with Crippen LogP contribution < -0.4 is 9.47 Å². The van der Waals surface area contributed by atoms with E-state index in [-0.39, 0.29) is 24.7 Å². The van der Waals surface area contributed by atoms with Crippen molar-refractivity contribution in [3.63, 3.8) is 0 Å². The van der Waals surface area contributed by atoms with E-state index in [0.717, 1.165) is 77.7 Å². The third-order valence-corrected chi connectivity index (χ3v) is 13.3. The first-order chi connectivity index (χ1) is 39.6. The van der Waals surface area contributed by atoms with Crippen LogP contribution in [-0.2, 0) is 18.0 Å². The zero-order chi connectivity index (χ0) is 59.1. The van der Waals surface area contributed by atoms with Gasteiger partial charge in [0.15, 0.2) is 0 Å². The number of carbonyl (C=O) groups is 3. The van der Waals surface area contributed by atoms with Gasteiger partial charge in [-0.15, -0.1) is 6.42 Å². The Morgan fingerprint density at radius 2 is 0.695 bits per heavy atom. The Morgan fingerprint density at radius 3 is 1.00 bits per heavy atom. The Kier molecular flexibility index (Phi) is 27.8. The fourth-order valence-electron chi connectivity index (χ4n) is 6.35. The number of methoxy groups -OCH3 is 2. The third-order valence-electron chi connectivity index (χ3n) is 10.9. The number of aromatic carboxylic acids is 2. The van der Waals surface area contributed by atoms with Gasteiger partial charge in [0.1, 0.15) is 18.1 Å². The van der Waals surface area contributed by atoms with Gasteiger partial charge in [0.2, 0.25) is 0 Å². The lowest BCUT2D eigenvalue weighted by molar-refractivity contribution is 0.0472. The van der Waals surface area contributed by atoms with Gasteiger partial charge in [-0.1, -0.05) is 97.6 Å². The molecule has 0 aliphatic carbocycles. The van der Waals surface area contributed by atoms with E-state index in [2.05, 4.69) is 118 Å². The van der Waals surface area contributed by atoms with Crippen LogP contribution in [0.3, 0.4) is 0 Å². The molecule has 0 saturated heterocycles. The Labute approximate surface area is 522 Å². The molecular weight excluding hydrogens is 1390 g/mol. The third kappa shape index (κ3) is 24.1. The molecule has 408 valence electrons. The Bertz CT molecular complexity index is 3700. The second-order valence-corrected chi connectivity index (χ2v) is 21.0. The van der Waals surface area contributed by atoms with E-state index in [1.165, 1.54) is 0 Å². The average Bonchev–Trinajstić information content (AvgIpc) is 3.52. The molecule has 82 heavy (non-hydrogen) atoms. The van der Waals surface area contributed by atoms with E-state index >= 15 is 0 Å². The van der Waals surface area contributed by atoms with Gasteiger partial charge in [0.05, 0.1) is 37.5 Å². The van der Waals surface area contributed by atoms with Gasteiger partial charge in [-0.3, -0.25) is 0 Å². The van der Waals surface area contributed by atoms with E-state index in [9.17, 15) is 14.4 Å². The highest BCUT2D eigenvalue weighted by Crippen LogP contribution is 2.16. The van der Waals surface area contributed by atoms with Crippen LogP contribution in [0.2, 0.25) is 0 Å². The smallest absolute Gasteiger partial charge is 0.338 e. The minimum atomic E-state index is -0.940. The molecule has 9 aromatic carbocycles. The first kappa shape index (κ1) is 64.4. The molecule has 3 N–H and O–H groups in total. The minimum absolute atomic E-state index is 0.0873. The molecule has 0 unspecified atom stereocenters. The highest BCUT2D eigenvalue weighted by atomic mass is 127. The molecule has 0 saturated carbocycles. The fourth-order valence-corrected chi connectivity index (χ4v) is 7.59. The molecule has 0 radical (unpaired) electrons. The van der Waals surface area contributed by atoms with Crippen LogP contribution in [0, 0.1) is 55.0 Å². The molecule has 0 bridgehead atoms. The van der Waals surface area contributed by atoms with Gasteiger partial charge in [-0.25, -0.2) is 14.4 Å². The van der Waals surface area contributed by atoms with Crippen molar-refractivity contribution in [1.82, 2.24) is 0 Å². The predicted molar refractivity (Wildman–Crippen MR) is 347 cm³/mol. The highest BCUT2D eigenvalue weighted by molar-refractivity contribution is 14.1. The predicted octanol–water partition coefficient (Wildman–Crippen LogP) is 15.6. The topological polar surface area (TPSA) is 140 Å². The zero-order valence-corrected chi connectivity index (χ0v) is 51.6. The van der Waals surface area contributed by atoms with Crippen molar-refractivity contribution in [2.24, 2.45) is 0 Å². The van der Waals surface area contributed by atoms with E-state index in [0.29, 0.717) is 11.1 Å². The summed E-state index contributed by atoms with van der Waals surface area (Å²) in [5.74, 6) is 20.6. The van der Waals surface area contributed by atoms with E-state index in [4.69, 9.17) is 36.0 Å². The van der Waals surface area contributed by atoms with Gasteiger partial charge in [-0.2, -0.15) is 0 Å². The summed E-state index contributed by atoms with van der Waals surface area (Å²) in [6, 6.07) is 66.4. The number of carboxylic acids is 2. The van der Waals surface area contributed by atoms with Gasteiger partial charge in [0, 0.05) is 55.0 Å². The first-order valence-corrected chi connectivity index (χ1v) is 28.2. The van der Waals surface area contributed by atoms with Crippen molar-refractivity contribution in [1.29, 1.82) is 0 Å². The van der Waals surface area contributed by atoms with E-state index < -0.39 is 11.9 Å². The van der Waals surface area contributed by atoms with Crippen LogP contribution in [0.25, 0.3) is 0 Å². The monoisotopic (exact) mass is 1430 g/mol. The molecule has 0 fully saturated rings. The molecule has 9 rings (SSSR count). The first-order valence-electron chi connectivity index (χ1n) is 24.5. The second-order valence-electron chi connectivity index (χ2n) is 16.7. The van der Waals surface area contributed by atoms with Gasteiger partial charge in [0.25, 0.3) is 0 Å². The number of hydrogen-bond acceptors (Lipinski definition) is 7. The summed E-state index contributed by atoms with van der Waals surface area (Å²) < 4.78 is 19.5. The van der Waals surface area contributed by atoms with Crippen molar-refractivity contribution in [3.05, 3.63) is 301 Å². The number of carbonyl (C=O) groups excluding carboxylic acids is 1. The van der Waals surface area contributed by atoms with Gasteiger partial charge < -0.3 is 29.5 Å². The van der Waals surface area contributed by atoms with Crippen molar-refractivity contribution in [3.8, 4) is 59.4 Å². The number of ether oxygens (including phenoxy) is 3. The fraction of sp³-hybridized carbons (Fsp3) is 0.0580. The lowest BCUT2D eigenvalue weighted by Crippen LogP contribution is -2.05. The number of rotatable bonds is 8. The molecule has 0 amide bonds. The van der Waals surface area contributed by atoms with Crippen LogP contribution in [0.5, 0.6) is 11.5 Å². The largest absolute Gasteiger partial charge is 0.497 e. The van der Waals surface area contributed by atoms with Crippen LogP contribution in [-0.4, -0.2) is 47.4 Å². The quantitative estimate of drug-likeness (QED) is 0.0771. The van der Waals surface area contributed by atoms with Crippen molar-refractivity contribution < 1.29 is 43.9 Å². The highest BCUT2D eigenvalue weighted by Gasteiger charge is 2.07. The number of esters is 1. The number of halogens is 4. The maximum atomic E-state index is 11.8. The standard InChI is InChI=1S/C23H13BrO2.C16H9Br.C15H13IO3.C8H10O2.C7H5IO2/c24-22-15-11-20(12-16-22)8-6-18-3-1-17(2-4-18)5-7-19-9-13-21(14-10-19)23(25)26;1-2-13-3-5-14(6-4-13)7-8-15-9-11-16(17)12-10-15;1-18-14-8-2-11(3-9-14)10-19-15(17)12-4-6-13(16)7-5-12;1-10-8-4-2-7(6-9)3-5-8;8-6-3-1-5(2-4-6)7(9)10/h1-4,9-16H,(H,25,26);1,3-6,9-12H;2-9H,10H2,1H3;2-5,9H,6H2,1H3;1-4H,(H,9,10). The molecule has 0 atom stereocenters. The molecule has 9 aromatic rings. The van der Waals surface area contributed by atoms with Crippen LogP contribution in [0.4, 0.5) is 0 Å². The van der Waals surface area contributed by atoms with Crippen LogP contribution in [0.15, 0.2) is 227 Å². The Morgan fingerprint density at radius 1 is 0.415 bits per heavy atom. The summed E-state index contributed by atoms with van der Waals surface area (Å²) in [5.41, 5.74) is 9.35. The number of aliphatic hydroxyl groups excluding tert-OH is 1. The van der Waals surface area contributed by atoms with Gasteiger partial charge >= 0.3 is 17.9 Å². The summed E-state index contributed by atoms with van der Waals surface area (Å²) in [5, 5.41) is 26.0. The number of carboxylic acid groups (broad SMARTS) is 2. The Balaban J connectivity index is 0.000000197. The lowest BCUT2D eigenvalue weighted by Gasteiger charge is -2.06. The number of hydrogen-bond donors (Lipinski definition) is 3. The second kappa shape index (κ2) is 35.4. The van der Waals surface area contributed by atoms with E-state index in [1.54, 1.807) is 74.9 Å². The zero-order valence-electron chi connectivity index (χ0n) is 44.1. The molecule has 13 heteroatoms. The normalized spacial score (nSPS) is 9.44. The number of aliphatic hydroxyl groups is 1. The minimum Gasteiger partial charge on any atom is -0.497 e. The summed E-state index contributed by atoms with van der Waals surface area (Å²) in [6.45, 7) is 0.346.